The van der Waals surface area contributed by atoms with E-state index in [2.05, 4.69) is 9.82 Å². The van der Waals surface area contributed by atoms with Crippen LogP contribution >= 0.6 is 0 Å². The van der Waals surface area contributed by atoms with Crippen molar-refractivity contribution in [1.29, 1.82) is 0 Å². The van der Waals surface area contributed by atoms with Gasteiger partial charge in [0.15, 0.2) is 23.3 Å². The third-order valence-corrected chi connectivity index (χ3v) is 6.04. The van der Waals surface area contributed by atoms with E-state index in [1.54, 1.807) is 6.92 Å². The summed E-state index contributed by atoms with van der Waals surface area (Å²) in [7, 11) is -4.06. The van der Waals surface area contributed by atoms with Crippen LogP contribution in [0.2, 0.25) is 0 Å². The van der Waals surface area contributed by atoms with Crippen molar-refractivity contribution >= 4 is 15.7 Å². The molecule has 0 bridgehead atoms. The lowest BCUT2D eigenvalue weighted by molar-refractivity contribution is 0.340. The van der Waals surface area contributed by atoms with Gasteiger partial charge in [-0.25, -0.2) is 30.4 Å². The van der Waals surface area contributed by atoms with Crippen molar-refractivity contribution in [2.24, 2.45) is 0 Å². The van der Waals surface area contributed by atoms with Gasteiger partial charge in [0.1, 0.15) is 5.75 Å². The van der Waals surface area contributed by atoms with E-state index < -0.39 is 51.2 Å². The standard InChI is InChI=1S/C20H18F5N3O3S/c1-4-31-12-5-7-13(8-6-12)32(29,30)27-20-10(2)26-28(11(20)3)9-14-15(21)17(23)19(25)18(24)16(14)22/h5-8,27H,4,9H2,1-3H3. The first-order chi connectivity index (χ1) is 15.0. The van der Waals surface area contributed by atoms with Crippen molar-refractivity contribution in [2.45, 2.75) is 32.2 Å². The molecule has 6 nitrogen and oxygen atoms in total. The molecule has 1 aromatic heterocycles. The van der Waals surface area contributed by atoms with E-state index in [1.807, 2.05) is 0 Å². The van der Waals surface area contributed by atoms with Gasteiger partial charge in [-0.05, 0) is 45.0 Å². The molecule has 12 heteroatoms. The van der Waals surface area contributed by atoms with Gasteiger partial charge in [-0.1, -0.05) is 0 Å². The van der Waals surface area contributed by atoms with Crippen molar-refractivity contribution < 1.29 is 35.1 Å². The minimum atomic E-state index is -4.06. The van der Waals surface area contributed by atoms with Crippen LogP contribution in [0.25, 0.3) is 0 Å². The van der Waals surface area contributed by atoms with Crippen LogP contribution in [0.5, 0.6) is 5.75 Å². The van der Waals surface area contributed by atoms with Crippen LogP contribution in [-0.4, -0.2) is 24.8 Å². The molecule has 1 heterocycles. The normalized spacial score (nSPS) is 11.6. The van der Waals surface area contributed by atoms with Crippen LogP contribution in [-0.2, 0) is 16.6 Å². The van der Waals surface area contributed by atoms with Crippen LogP contribution in [0.15, 0.2) is 29.2 Å². The second-order valence-electron chi connectivity index (χ2n) is 6.76. The van der Waals surface area contributed by atoms with E-state index in [9.17, 15) is 30.4 Å². The van der Waals surface area contributed by atoms with E-state index in [-0.39, 0.29) is 22.0 Å². The molecule has 0 fully saturated rings. The quantitative estimate of drug-likeness (QED) is 0.312. The highest BCUT2D eigenvalue weighted by atomic mass is 32.2. The van der Waals surface area contributed by atoms with Gasteiger partial charge < -0.3 is 4.74 Å². The smallest absolute Gasteiger partial charge is 0.262 e. The van der Waals surface area contributed by atoms with Crippen molar-refractivity contribution in [2.75, 3.05) is 11.3 Å². The summed E-state index contributed by atoms with van der Waals surface area (Å²) < 4.78 is 102. The first-order valence-corrected chi connectivity index (χ1v) is 10.8. The van der Waals surface area contributed by atoms with Gasteiger partial charge in [-0.2, -0.15) is 5.10 Å². The average Bonchev–Trinajstić information content (AvgIpc) is 3.01. The zero-order chi connectivity index (χ0) is 23.8. The van der Waals surface area contributed by atoms with Gasteiger partial charge >= 0.3 is 0 Å². The van der Waals surface area contributed by atoms with Crippen molar-refractivity contribution in [3.8, 4) is 5.75 Å². The molecule has 3 aromatic rings. The van der Waals surface area contributed by atoms with Gasteiger partial charge in [0.25, 0.3) is 10.0 Å². The molecule has 0 radical (unpaired) electrons. The van der Waals surface area contributed by atoms with E-state index in [4.69, 9.17) is 4.74 Å². The minimum absolute atomic E-state index is 0.0164. The first kappa shape index (κ1) is 23.5. The number of aromatic nitrogens is 2. The predicted octanol–water partition coefficient (Wildman–Crippen LogP) is 4.44. The molecule has 0 unspecified atom stereocenters. The number of hydrogen-bond donors (Lipinski definition) is 1. The first-order valence-electron chi connectivity index (χ1n) is 9.27. The van der Waals surface area contributed by atoms with Crippen LogP contribution in [0.3, 0.4) is 0 Å². The van der Waals surface area contributed by atoms with E-state index in [0.717, 1.165) is 4.68 Å². The monoisotopic (exact) mass is 475 g/mol. The van der Waals surface area contributed by atoms with Crippen molar-refractivity contribution in [3.63, 3.8) is 0 Å². The Labute approximate surface area is 180 Å². The maximum atomic E-state index is 14.0. The third kappa shape index (κ3) is 4.27. The number of aryl methyl sites for hydroxylation is 1. The average molecular weight is 475 g/mol. The number of nitrogens with one attached hydrogen (secondary N) is 1. The topological polar surface area (TPSA) is 73.2 Å². The van der Waals surface area contributed by atoms with Crippen molar-refractivity contribution in [3.05, 3.63) is 70.3 Å². The van der Waals surface area contributed by atoms with Crippen LogP contribution in [0, 0.1) is 42.9 Å². The predicted molar refractivity (Wildman–Crippen MR) is 105 cm³/mol. The molecular weight excluding hydrogens is 457 g/mol. The number of hydrogen-bond acceptors (Lipinski definition) is 4. The number of rotatable bonds is 7. The van der Waals surface area contributed by atoms with Crippen LogP contribution in [0.4, 0.5) is 27.6 Å². The maximum Gasteiger partial charge on any atom is 0.262 e. The number of ether oxygens (including phenoxy) is 1. The highest BCUT2D eigenvalue weighted by Gasteiger charge is 2.27. The summed E-state index contributed by atoms with van der Waals surface area (Å²) in [5, 5.41) is 3.98. The van der Waals surface area contributed by atoms with Gasteiger partial charge in [0, 0.05) is 0 Å². The lowest BCUT2D eigenvalue weighted by Gasteiger charge is -2.11. The number of anilines is 1. The Kier molecular flexibility index (Phi) is 6.44. The molecule has 2 aromatic carbocycles. The zero-order valence-corrected chi connectivity index (χ0v) is 18.0. The molecule has 3 rings (SSSR count). The summed E-state index contributed by atoms with van der Waals surface area (Å²) in [6.07, 6.45) is 0. The Morgan fingerprint density at radius 1 is 0.938 bits per heavy atom. The molecule has 32 heavy (non-hydrogen) atoms. The highest BCUT2D eigenvalue weighted by molar-refractivity contribution is 7.92. The third-order valence-electron chi connectivity index (χ3n) is 4.67. The minimum Gasteiger partial charge on any atom is -0.494 e. The Balaban J connectivity index is 1.94. The molecule has 0 aliphatic carbocycles. The van der Waals surface area contributed by atoms with Crippen molar-refractivity contribution in [1.82, 2.24) is 9.78 Å². The molecule has 1 N–H and O–H groups in total. The Bertz CT molecular complexity index is 1250. The molecule has 0 spiro atoms. The molecule has 0 saturated carbocycles. The van der Waals surface area contributed by atoms with Gasteiger partial charge in [0.05, 0.1) is 40.7 Å². The van der Waals surface area contributed by atoms with Gasteiger partial charge in [-0.3, -0.25) is 9.40 Å². The fourth-order valence-corrected chi connectivity index (χ4v) is 4.19. The summed E-state index contributed by atoms with van der Waals surface area (Å²) in [4.78, 5) is -0.0766. The van der Waals surface area contributed by atoms with E-state index >= 15 is 0 Å². The van der Waals surface area contributed by atoms with E-state index in [0.29, 0.717) is 12.4 Å². The fraction of sp³-hybridized carbons (Fsp3) is 0.250. The number of sulfonamides is 1. The molecule has 0 saturated heterocycles. The molecule has 0 aliphatic rings. The lowest BCUT2D eigenvalue weighted by atomic mass is 10.1. The van der Waals surface area contributed by atoms with E-state index in [1.165, 1.54) is 38.1 Å². The molecule has 0 amide bonds. The highest BCUT2D eigenvalue weighted by Crippen LogP contribution is 2.28. The fourth-order valence-electron chi connectivity index (χ4n) is 3.01. The largest absolute Gasteiger partial charge is 0.494 e. The van der Waals surface area contributed by atoms with Crippen LogP contribution < -0.4 is 9.46 Å². The van der Waals surface area contributed by atoms with Gasteiger partial charge in [-0.15, -0.1) is 0 Å². The summed E-state index contributed by atoms with van der Waals surface area (Å²) in [5.74, 6) is -9.89. The Hall–Kier alpha value is -3.15. The second kappa shape index (κ2) is 8.77. The summed E-state index contributed by atoms with van der Waals surface area (Å²) >= 11 is 0. The number of halogens is 5. The summed E-state index contributed by atoms with van der Waals surface area (Å²) in [5.41, 5.74) is -0.822. The van der Waals surface area contributed by atoms with Crippen LogP contribution in [0.1, 0.15) is 23.9 Å². The molecule has 172 valence electrons. The summed E-state index contributed by atoms with van der Waals surface area (Å²) in [6.45, 7) is 4.20. The Morgan fingerprint density at radius 2 is 1.47 bits per heavy atom. The van der Waals surface area contributed by atoms with Gasteiger partial charge in [0.2, 0.25) is 5.82 Å². The zero-order valence-electron chi connectivity index (χ0n) is 17.1. The maximum absolute atomic E-state index is 14.0. The molecule has 0 atom stereocenters. The second-order valence-corrected chi connectivity index (χ2v) is 8.44. The summed E-state index contributed by atoms with van der Waals surface area (Å²) in [6, 6.07) is 5.61. The number of benzene rings is 2. The lowest BCUT2D eigenvalue weighted by Crippen LogP contribution is -2.15. The Morgan fingerprint density at radius 3 is 2.00 bits per heavy atom. The number of nitrogens with zero attached hydrogens (tertiary/aromatic N) is 2. The molecule has 0 aliphatic heterocycles. The SMILES string of the molecule is CCOc1ccc(S(=O)(=O)Nc2c(C)nn(Cc3c(F)c(F)c(F)c(F)c3F)c2C)cc1. The molecular formula is C20H18F5N3O3S.